The number of thiazole rings is 1. The number of hydrogen-bond donors (Lipinski definition) is 6. The van der Waals surface area contributed by atoms with Gasteiger partial charge in [-0.05, 0) is 35.9 Å². The van der Waals surface area contributed by atoms with Crippen LogP contribution in [0.15, 0.2) is 74.1 Å². The SMILES string of the molecule is Nc1nc(C(=NOCc2ccc(C(=O)O)cc2)C(=O)N[C@@H]2C(=O)N3C(OC(=O)O)=C(CSc4nnc(-c5ccc(O)c(O)c5)o4)CS[C@@H]23)cs1. The minimum Gasteiger partial charge on any atom is -0.504 e. The molecule has 2 aliphatic rings. The Morgan fingerprint density at radius 2 is 1.90 bits per heavy atom. The predicted molar refractivity (Wildman–Crippen MR) is 176 cm³/mol. The van der Waals surface area contributed by atoms with Gasteiger partial charge in [-0.3, -0.25) is 14.5 Å². The second-order valence-electron chi connectivity index (χ2n) is 10.3. The zero-order valence-electron chi connectivity index (χ0n) is 25.1. The summed E-state index contributed by atoms with van der Waals surface area (Å²) < 4.78 is 10.6. The van der Waals surface area contributed by atoms with Crippen molar-refractivity contribution in [1.29, 1.82) is 0 Å². The lowest BCUT2D eigenvalue weighted by atomic mass is 10.1. The number of rotatable bonds is 12. The van der Waals surface area contributed by atoms with Gasteiger partial charge in [0.25, 0.3) is 17.0 Å². The van der Waals surface area contributed by atoms with Crippen LogP contribution < -0.4 is 11.1 Å². The van der Waals surface area contributed by atoms with Crippen molar-refractivity contribution in [2.75, 3.05) is 17.2 Å². The second kappa shape index (κ2) is 14.4. The number of carbonyl (C=O) groups is 4. The number of phenolic OH excluding ortho intramolecular Hbond substituents is 2. The fourth-order valence-electron chi connectivity index (χ4n) is 4.62. The number of carboxylic acids is 1. The number of hydrogen-bond acceptors (Lipinski definition) is 17. The summed E-state index contributed by atoms with van der Waals surface area (Å²) in [5.74, 6) is -3.04. The van der Waals surface area contributed by atoms with Crippen molar-refractivity contribution >= 4 is 69.6 Å². The van der Waals surface area contributed by atoms with Crippen LogP contribution in [0.2, 0.25) is 0 Å². The maximum absolute atomic E-state index is 13.4. The summed E-state index contributed by atoms with van der Waals surface area (Å²) in [4.78, 5) is 60.1. The van der Waals surface area contributed by atoms with Crippen LogP contribution in [-0.4, -0.2) is 93.1 Å². The van der Waals surface area contributed by atoms with Gasteiger partial charge in [-0.25, -0.2) is 14.6 Å². The largest absolute Gasteiger partial charge is 0.512 e. The van der Waals surface area contributed by atoms with Crippen LogP contribution >= 0.6 is 34.9 Å². The lowest BCUT2D eigenvalue weighted by molar-refractivity contribution is -0.148. The number of nitrogen functional groups attached to an aromatic ring is 1. The van der Waals surface area contributed by atoms with Gasteiger partial charge in [-0.1, -0.05) is 29.1 Å². The molecule has 2 amide bonds. The molecule has 1 fully saturated rings. The number of nitrogens with zero attached hydrogens (tertiary/aromatic N) is 5. The normalized spacial score (nSPS) is 17.2. The smallest absolute Gasteiger partial charge is 0.504 e. The lowest BCUT2D eigenvalue weighted by Crippen LogP contribution is -2.70. The van der Waals surface area contributed by atoms with Crippen LogP contribution in [0.4, 0.5) is 9.93 Å². The first-order valence-corrected chi connectivity index (χ1v) is 17.0. The zero-order chi connectivity index (χ0) is 35.5. The van der Waals surface area contributed by atoms with E-state index in [9.17, 15) is 34.5 Å². The number of carbonyl (C=O) groups excluding carboxylic acids is 2. The van der Waals surface area contributed by atoms with Crippen molar-refractivity contribution < 1.29 is 53.6 Å². The van der Waals surface area contributed by atoms with E-state index >= 15 is 0 Å². The summed E-state index contributed by atoms with van der Waals surface area (Å²) in [6, 6.07) is 8.75. The van der Waals surface area contributed by atoms with Gasteiger partial charge in [0.2, 0.25) is 11.8 Å². The number of ether oxygens (including phenoxy) is 1. The number of amides is 2. The lowest BCUT2D eigenvalue weighted by Gasteiger charge is -2.49. The molecule has 2 aromatic carbocycles. The van der Waals surface area contributed by atoms with Gasteiger partial charge in [-0.15, -0.1) is 33.3 Å². The Labute approximate surface area is 292 Å². The van der Waals surface area contributed by atoms with Crippen molar-refractivity contribution in [3.8, 4) is 23.0 Å². The Hall–Kier alpha value is -5.80. The van der Waals surface area contributed by atoms with E-state index in [1.165, 1.54) is 59.6 Å². The number of nitrogens with one attached hydrogen (secondary N) is 1. The number of aromatic carboxylic acids is 1. The zero-order valence-corrected chi connectivity index (χ0v) is 27.5. The average Bonchev–Trinajstić information content (AvgIpc) is 3.75. The molecular formula is C29H23N7O11S3. The maximum Gasteiger partial charge on any atom is 0.512 e. The van der Waals surface area contributed by atoms with E-state index in [0.29, 0.717) is 16.7 Å². The van der Waals surface area contributed by atoms with Crippen LogP contribution in [0.5, 0.6) is 11.5 Å². The number of aromatic nitrogens is 3. The average molecular weight is 742 g/mol. The summed E-state index contributed by atoms with van der Waals surface area (Å²) in [6.45, 7) is -0.113. The van der Waals surface area contributed by atoms with Gasteiger partial charge in [0.15, 0.2) is 22.3 Å². The topological polar surface area (TPSA) is 273 Å². The van der Waals surface area contributed by atoms with E-state index in [4.69, 9.17) is 24.8 Å². The highest BCUT2D eigenvalue weighted by Crippen LogP contribution is 2.42. The van der Waals surface area contributed by atoms with Crippen molar-refractivity contribution in [3.63, 3.8) is 0 Å². The molecule has 0 spiro atoms. The highest BCUT2D eigenvalue weighted by Gasteiger charge is 2.54. The van der Waals surface area contributed by atoms with Crippen LogP contribution in [-0.2, 0) is 25.8 Å². The number of thioether (sulfide) groups is 2. The molecule has 2 aliphatic heterocycles. The Balaban J connectivity index is 1.14. The fraction of sp³-hybridized carbons (Fsp3) is 0.172. The molecule has 4 aromatic rings. The van der Waals surface area contributed by atoms with E-state index in [2.05, 4.69) is 25.7 Å². The molecule has 0 radical (unpaired) electrons. The van der Waals surface area contributed by atoms with Gasteiger partial charge in [0, 0.05) is 28.0 Å². The molecule has 2 atom stereocenters. The van der Waals surface area contributed by atoms with Crippen molar-refractivity contribution in [2.24, 2.45) is 5.16 Å². The molecule has 18 nitrogen and oxygen atoms in total. The quantitative estimate of drug-likeness (QED) is 0.0304. The van der Waals surface area contributed by atoms with Crippen molar-refractivity contribution in [3.05, 3.63) is 76.1 Å². The van der Waals surface area contributed by atoms with E-state index in [1.54, 1.807) is 0 Å². The predicted octanol–water partition coefficient (Wildman–Crippen LogP) is 2.90. The molecule has 2 aromatic heterocycles. The number of phenols is 2. The number of anilines is 1. The van der Waals surface area contributed by atoms with E-state index < -0.39 is 35.4 Å². The number of benzene rings is 2. The summed E-state index contributed by atoms with van der Waals surface area (Å²) in [5.41, 5.74) is 7.02. The molecule has 50 heavy (non-hydrogen) atoms. The Morgan fingerprint density at radius 3 is 2.58 bits per heavy atom. The van der Waals surface area contributed by atoms with Crippen molar-refractivity contribution in [2.45, 2.75) is 23.2 Å². The second-order valence-corrected chi connectivity index (χ2v) is 13.2. The van der Waals surface area contributed by atoms with Crippen molar-refractivity contribution in [1.82, 2.24) is 25.4 Å². The number of oxime groups is 1. The summed E-state index contributed by atoms with van der Waals surface area (Å²) in [6.07, 6.45) is -1.65. The summed E-state index contributed by atoms with van der Waals surface area (Å²) in [7, 11) is 0. The molecule has 6 rings (SSSR count). The minimum absolute atomic E-state index is 0.0661. The molecule has 7 N–H and O–H groups in total. The van der Waals surface area contributed by atoms with Gasteiger partial charge >= 0.3 is 12.1 Å². The molecule has 0 aliphatic carbocycles. The van der Waals surface area contributed by atoms with Gasteiger partial charge in [-0.2, -0.15) is 0 Å². The van der Waals surface area contributed by atoms with E-state index in [1.807, 2.05) is 0 Å². The number of aromatic hydroxyl groups is 2. The molecule has 0 bridgehead atoms. The molecule has 0 unspecified atom stereocenters. The molecule has 4 heterocycles. The van der Waals surface area contributed by atoms with Crippen LogP contribution in [0, 0.1) is 0 Å². The molecular weight excluding hydrogens is 719 g/mol. The number of carboxylic acid groups (broad SMARTS) is 2. The van der Waals surface area contributed by atoms with E-state index in [0.717, 1.165) is 28.0 Å². The number of fused-ring (bicyclic) bond motifs is 1. The van der Waals surface area contributed by atoms with Gasteiger partial charge in [0.1, 0.15) is 23.7 Å². The molecule has 258 valence electrons. The fourth-order valence-corrected chi connectivity index (χ4v) is 7.38. The van der Waals surface area contributed by atoms with E-state index in [-0.39, 0.29) is 68.7 Å². The highest BCUT2D eigenvalue weighted by molar-refractivity contribution is 8.01. The van der Waals surface area contributed by atoms with Crippen LogP contribution in [0.3, 0.4) is 0 Å². The first-order chi connectivity index (χ1) is 24.0. The monoisotopic (exact) mass is 741 g/mol. The Morgan fingerprint density at radius 1 is 1.12 bits per heavy atom. The molecule has 1 saturated heterocycles. The summed E-state index contributed by atoms with van der Waals surface area (Å²) >= 11 is 3.37. The molecule has 0 saturated carbocycles. The first kappa shape index (κ1) is 34.1. The Bertz CT molecular complexity index is 2050. The third-order valence-electron chi connectivity index (χ3n) is 7.03. The minimum atomic E-state index is -1.65. The highest BCUT2D eigenvalue weighted by atomic mass is 32.2. The Kier molecular flexibility index (Phi) is 9.79. The third kappa shape index (κ3) is 7.28. The van der Waals surface area contributed by atoms with Crippen LogP contribution in [0.25, 0.3) is 11.5 Å². The standard InChI is InChI=1S/C29H23N7O11S3/c30-27-31-16(11-49-27)19(35-45-8-12-1-3-13(4-2-12)26(41)42)21(39)32-20-23(40)36-24(47-29(43)44)15(9-48-25(20)36)10-50-28-34-33-22(46-28)14-5-6-17(37)18(38)7-14/h1-7,11,20,25,37-38H,8-10H2,(H2,30,31)(H,32,39)(H,41,42)(H,43,44)/t20-,25+/m1/s1. The molecule has 21 heteroatoms. The van der Waals surface area contributed by atoms with Crippen LogP contribution in [0.1, 0.15) is 21.6 Å². The maximum atomic E-state index is 13.4. The van der Waals surface area contributed by atoms with Gasteiger partial charge in [0.05, 0.1) is 5.56 Å². The van der Waals surface area contributed by atoms with Gasteiger partial charge < -0.3 is 45.5 Å². The third-order valence-corrected chi connectivity index (χ3v) is 9.95. The number of nitrogens with two attached hydrogens (primary N) is 1. The first-order valence-electron chi connectivity index (χ1n) is 14.1. The summed E-state index contributed by atoms with van der Waals surface area (Å²) in [5, 5.41) is 53.3. The number of β-lactam (4-membered cyclic amide) rings is 1.